The van der Waals surface area contributed by atoms with Crippen molar-refractivity contribution in [3.63, 3.8) is 0 Å². The van der Waals surface area contributed by atoms with Gasteiger partial charge in [0.05, 0.1) is 0 Å². The van der Waals surface area contributed by atoms with Crippen LogP contribution in [0.5, 0.6) is 0 Å². The van der Waals surface area contributed by atoms with Gasteiger partial charge in [0.15, 0.2) is 0 Å². The molecule has 1 aromatic carbocycles. The Morgan fingerprint density at radius 2 is 1.72 bits per heavy atom. The van der Waals surface area contributed by atoms with Gasteiger partial charge in [0.2, 0.25) is 0 Å². The number of carbonyl (C=O) groups excluding carboxylic acids is 2. The van der Waals surface area contributed by atoms with Gasteiger partial charge in [0, 0.05) is 30.2 Å². The van der Waals surface area contributed by atoms with Gasteiger partial charge >= 0.3 is 23.8 Å². The Morgan fingerprint density at radius 1 is 1.00 bits per heavy atom. The average Bonchev–Trinajstić information content (AvgIpc) is 3.29. The second-order valence-corrected chi connectivity index (χ2v) is 7.67. The van der Waals surface area contributed by atoms with Crippen LogP contribution in [-0.2, 0) is 9.53 Å². The van der Waals surface area contributed by atoms with Crippen molar-refractivity contribution in [2.24, 2.45) is 0 Å². The SMILES string of the molecule is CCC(=O)OC1CCC(c2ccc(NC(=O)c3nnc(Nc4ccncc4)o3)cc2)CC1. The van der Waals surface area contributed by atoms with Crippen LogP contribution in [0.15, 0.2) is 53.2 Å². The lowest BCUT2D eigenvalue weighted by Crippen LogP contribution is -2.23. The molecule has 166 valence electrons. The fourth-order valence-electron chi connectivity index (χ4n) is 3.73. The van der Waals surface area contributed by atoms with E-state index >= 15 is 0 Å². The fraction of sp³-hybridized carbons (Fsp3) is 0.348. The number of nitrogens with zero attached hydrogens (tertiary/aromatic N) is 3. The molecule has 0 bridgehead atoms. The van der Waals surface area contributed by atoms with E-state index in [0.29, 0.717) is 18.0 Å². The zero-order valence-electron chi connectivity index (χ0n) is 17.8. The summed E-state index contributed by atoms with van der Waals surface area (Å²) >= 11 is 0. The molecule has 0 spiro atoms. The van der Waals surface area contributed by atoms with Crippen molar-refractivity contribution in [1.82, 2.24) is 15.2 Å². The molecule has 0 unspecified atom stereocenters. The Bertz CT molecular complexity index is 1040. The predicted molar refractivity (Wildman–Crippen MR) is 118 cm³/mol. The second-order valence-electron chi connectivity index (χ2n) is 7.67. The molecule has 32 heavy (non-hydrogen) atoms. The highest BCUT2D eigenvalue weighted by molar-refractivity contribution is 6.00. The molecule has 0 radical (unpaired) electrons. The van der Waals surface area contributed by atoms with E-state index in [-0.39, 0.29) is 24.0 Å². The van der Waals surface area contributed by atoms with Crippen molar-refractivity contribution < 1.29 is 18.7 Å². The highest BCUT2D eigenvalue weighted by atomic mass is 16.5. The summed E-state index contributed by atoms with van der Waals surface area (Å²) in [6.07, 6.45) is 7.41. The van der Waals surface area contributed by atoms with E-state index in [1.54, 1.807) is 24.5 Å². The number of carbonyl (C=O) groups is 2. The summed E-state index contributed by atoms with van der Waals surface area (Å²) in [5.74, 6) is -0.319. The number of rotatable bonds is 7. The number of esters is 1. The molecule has 1 saturated carbocycles. The molecule has 4 rings (SSSR count). The van der Waals surface area contributed by atoms with Crippen LogP contribution < -0.4 is 10.6 Å². The quantitative estimate of drug-likeness (QED) is 0.523. The number of anilines is 3. The first kappa shape index (κ1) is 21.5. The molecular formula is C23H25N5O4. The summed E-state index contributed by atoms with van der Waals surface area (Å²) in [5.41, 5.74) is 2.58. The van der Waals surface area contributed by atoms with Gasteiger partial charge in [-0.2, -0.15) is 0 Å². The molecule has 0 aliphatic heterocycles. The maximum Gasteiger partial charge on any atom is 0.320 e. The maximum absolute atomic E-state index is 12.4. The van der Waals surface area contributed by atoms with Gasteiger partial charge in [-0.25, -0.2) is 0 Å². The molecule has 0 saturated heterocycles. The molecule has 1 fully saturated rings. The smallest absolute Gasteiger partial charge is 0.320 e. The Labute approximate surface area is 185 Å². The van der Waals surface area contributed by atoms with Gasteiger partial charge in [-0.3, -0.25) is 14.6 Å². The highest BCUT2D eigenvalue weighted by Gasteiger charge is 2.24. The Morgan fingerprint density at radius 3 is 2.41 bits per heavy atom. The van der Waals surface area contributed by atoms with Crippen LogP contribution in [0, 0.1) is 0 Å². The number of ether oxygens (including phenoxy) is 1. The zero-order chi connectivity index (χ0) is 22.3. The van der Waals surface area contributed by atoms with Crippen LogP contribution in [0.4, 0.5) is 17.4 Å². The minimum atomic E-state index is -0.480. The predicted octanol–water partition coefficient (Wildman–Crippen LogP) is 4.44. The van der Waals surface area contributed by atoms with Crippen molar-refractivity contribution in [2.75, 3.05) is 10.6 Å². The standard InChI is InChI=1S/C23H25N5O4/c1-2-20(29)31-19-9-5-16(6-10-19)15-3-7-17(8-4-15)25-21(30)22-27-28-23(32-22)26-18-11-13-24-14-12-18/h3-4,7-8,11-14,16,19H,2,5-6,9-10H2,1H3,(H,25,30)(H,24,26,28). The van der Waals surface area contributed by atoms with Crippen LogP contribution in [0.2, 0.25) is 0 Å². The lowest BCUT2D eigenvalue weighted by atomic mass is 9.82. The van der Waals surface area contributed by atoms with Gasteiger partial charge in [0.1, 0.15) is 6.10 Å². The molecule has 2 N–H and O–H groups in total. The van der Waals surface area contributed by atoms with Crippen LogP contribution in [-0.4, -0.2) is 33.2 Å². The lowest BCUT2D eigenvalue weighted by molar-refractivity contribution is -0.150. The number of amides is 1. The Balaban J connectivity index is 1.29. The topological polar surface area (TPSA) is 119 Å². The minimum absolute atomic E-state index is 0.0320. The number of pyridine rings is 1. The first-order chi connectivity index (χ1) is 15.6. The molecule has 2 aromatic heterocycles. The molecule has 3 aromatic rings. The van der Waals surface area contributed by atoms with E-state index in [4.69, 9.17) is 9.15 Å². The van der Waals surface area contributed by atoms with Gasteiger partial charge < -0.3 is 19.8 Å². The van der Waals surface area contributed by atoms with Crippen molar-refractivity contribution in [3.05, 3.63) is 60.2 Å². The molecular weight excluding hydrogens is 410 g/mol. The van der Waals surface area contributed by atoms with Crippen LogP contribution in [0.3, 0.4) is 0 Å². The minimum Gasteiger partial charge on any atom is -0.462 e. The Kier molecular flexibility index (Phi) is 6.74. The maximum atomic E-state index is 12.4. The summed E-state index contributed by atoms with van der Waals surface area (Å²) in [6, 6.07) is 11.4. The summed E-state index contributed by atoms with van der Waals surface area (Å²) in [6.45, 7) is 1.81. The first-order valence-electron chi connectivity index (χ1n) is 10.7. The highest BCUT2D eigenvalue weighted by Crippen LogP contribution is 2.34. The molecule has 1 aliphatic rings. The van der Waals surface area contributed by atoms with E-state index in [2.05, 4.69) is 25.8 Å². The number of aromatic nitrogens is 3. The van der Waals surface area contributed by atoms with Crippen LogP contribution in [0.1, 0.15) is 61.2 Å². The van der Waals surface area contributed by atoms with Gasteiger partial charge in [-0.05, 0) is 61.4 Å². The number of benzene rings is 1. The summed E-state index contributed by atoms with van der Waals surface area (Å²) in [4.78, 5) is 27.8. The van der Waals surface area contributed by atoms with E-state index in [0.717, 1.165) is 31.4 Å². The lowest BCUT2D eigenvalue weighted by Gasteiger charge is -2.28. The number of hydrogen-bond donors (Lipinski definition) is 2. The molecule has 2 heterocycles. The molecule has 1 amide bonds. The third kappa shape index (κ3) is 5.48. The molecule has 9 heteroatoms. The van der Waals surface area contributed by atoms with E-state index < -0.39 is 5.91 Å². The van der Waals surface area contributed by atoms with Gasteiger partial charge in [0.25, 0.3) is 0 Å². The summed E-state index contributed by atoms with van der Waals surface area (Å²) in [7, 11) is 0. The van der Waals surface area contributed by atoms with Gasteiger partial charge in [-0.1, -0.05) is 24.2 Å². The molecule has 9 nitrogen and oxygen atoms in total. The summed E-state index contributed by atoms with van der Waals surface area (Å²) in [5, 5.41) is 13.3. The first-order valence-corrected chi connectivity index (χ1v) is 10.7. The normalized spacial score (nSPS) is 18.0. The number of nitrogens with one attached hydrogen (secondary N) is 2. The third-order valence-corrected chi connectivity index (χ3v) is 5.45. The van der Waals surface area contributed by atoms with Crippen LogP contribution in [0.25, 0.3) is 0 Å². The van der Waals surface area contributed by atoms with Crippen molar-refractivity contribution in [1.29, 1.82) is 0 Å². The van der Waals surface area contributed by atoms with E-state index in [1.807, 2.05) is 31.2 Å². The average molecular weight is 435 g/mol. The van der Waals surface area contributed by atoms with Crippen LogP contribution >= 0.6 is 0 Å². The van der Waals surface area contributed by atoms with E-state index in [9.17, 15) is 9.59 Å². The summed E-state index contributed by atoms with van der Waals surface area (Å²) < 4.78 is 10.8. The van der Waals surface area contributed by atoms with Gasteiger partial charge in [-0.15, -0.1) is 5.10 Å². The van der Waals surface area contributed by atoms with Crippen molar-refractivity contribution >= 4 is 29.3 Å². The van der Waals surface area contributed by atoms with Crippen molar-refractivity contribution in [2.45, 2.75) is 51.0 Å². The fourth-order valence-corrected chi connectivity index (χ4v) is 3.73. The monoisotopic (exact) mass is 435 g/mol. The third-order valence-electron chi connectivity index (χ3n) is 5.45. The molecule has 0 atom stereocenters. The zero-order valence-corrected chi connectivity index (χ0v) is 17.8. The molecule has 1 aliphatic carbocycles. The number of hydrogen-bond acceptors (Lipinski definition) is 8. The Hall–Kier alpha value is -3.75. The second kappa shape index (κ2) is 10.0. The van der Waals surface area contributed by atoms with Crippen molar-refractivity contribution in [3.8, 4) is 0 Å². The van der Waals surface area contributed by atoms with E-state index in [1.165, 1.54) is 5.56 Å². The largest absolute Gasteiger partial charge is 0.462 e.